The van der Waals surface area contributed by atoms with Gasteiger partial charge in [0, 0.05) is 13.2 Å². The van der Waals surface area contributed by atoms with Crippen molar-refractivity contribution in [3.8, 4) is 0 Å². The average molecular weight is 395 g/mol. The third-order valence-corrected chi connectivity index (χ3v) is 6.34. The van der Waals surface area contributed by atoms with Gasteiger partial charge < -0.3 is 9.30 Å². The summed E-state index contributed by atoms with van der Waals surface area (Å²) in [6, 6.07) is 4.76. The standard InChI is InChI=1S/C25H34N2O2/c1-9-29-23(28)22-26-18(15-27(22)8)12-16(2)19-14-21-20(13-17(19)3)24(4,5)10-11-25(21,6)7/h12-15H,9-11H2,1-8H3/b16-12+. The van der Waals surface area contributed by atoms with E-state index in [2.05, 4.69) is 64.7 Å². The molecule has 1 aromatic heterocycles. The first-order valence-electron chi connectivity index (χ1n) is 10.5. The Balaban J connectivity index is 2.03. The minimum Gasteiger partial charge on any atom is -0.460 e. The van der Waals surface area contributed by atoms with Crippen LogP contribution in [0.4, 0.5) is 0 Å². The summed E-state index contributed by atoms with van der Waals surface area (Å²) in [6.45, 7) is 15.9. The topological polar surface area (TPSA) is 44.1 Å². The van der Waals surface area contributed by atoms with Crippen LogP contribution < -0.4 is 0 Å². The molecular formula is C25H34N2O2. The number of aromatic nitrogens is 2. The zero-order valence-corrected chi connectivity index (χ0v) is 19.1. The van der Waals surface area contributed by atoms with Crippen LogP contribution >= 0.6 is 0 Å². The summed E-state index contributed by atoms with van der Waals surface area (Å²) >= 11 is 0. The molecule has 0 bridgehead atoms. The molecule has 0 unspecified atom stereocenters. The van der Waals surface area contributed by atoms with Gasteiger partial charge in [-0.3, -0.25) is 0 Å². The summed E-state index contributed by atoms with van der Waals surface area (Å²) in [5, 5.41) is 0. The highest BCUT2D eigenvalue weighted by Crippen LogP contribution is 2.47. The molecule has 156 valence electrons. The van der Waals surface area contributed by atoms with Gasteiger partial charge in [0.1, 0.15) is 0 Å². The number of rotatable bonds is 4. The molecule has 1 aromatic carbocycles. The largest absolute Gasteiger partial charge is 0.460 e. The van der Waals surface area contributed by atoms with E-state index < -0.39 is 0 Å². The van der Waals surface area contributed by atoms with Gasteiger partial charge >= 0.3 is 5.97 Å². The van der Waals surface area contributed by atoms with E-state index in [1.54, 1.807) is 11.5 Å². The van der Waals surface area contributed by atoms with E-state index in [9.17, 15) is 4.79 Å². The lowest BCUT2D eigenvalue weighted by Gasteiger charge is -2.42. The van der Waals surface area contributed by atoms with Crippen LogP contribution in [0.15, 0.2) is 18.3 Å². The van der Waals surface area contributed by atoms with Crippen LogP contribution in [0.25, 0.3) is 11.6 Å². The van der Waals surface area contributed by atoms with Gasteiger partial charge in [-0.15, -0.1) is 0 Å². The Labute approximate surface area is 175 Å². The number of fused-ring (bicyclic) bond motifs is 1. The summed E-state index contributed by atoms with van der Waals surface area (Å²) in [7, 11) is 1.82. The van der Waals surface area contributed by atoms with Crippen molar-refractivity contribution < 1.29 is 9.53 Å². The number of carbonyl (C=O) groups excluding carboxylic acids is 1. The molecule has 1 aliphatic rings. The average Bonchev–Trinajstić information content (AvgIpc) is 2.99. The number of allylic oxidation sites excluding steroid dienone is 1. The Kier molecular flexibility index (Phi) is 5.50. The van der Waals surface area contributed by atoms with Crippen LogP contribution in [0, 0.1) is 6.92 Å². The number of esters is 1. The van der Waals surface area contributed by atoms with Gasteiger partial charge in [-0.2, -0.15) is 0 Å². The minimum absolute atomic E-state index is 0.176. The molecule has 0 fully saturated rings. The smallest absolute Gasteiger partial charge is 0.374 e. The van der Waals surface area contributed by atoms with Crippen molar-refractivity contribution >= 4 is 17.6 Å². The quantitative estimate of drug-likeness (QED) is 0.614. The number of imidazole rings is 1. The van der Waals surface area contributed by atoms with E-state index in [1.807, 2.05) is 13.2 Å². The first kappa shape index (κ1) is 21.4. The highest BCUT2D eigenvalue weighted by atomic mass is 16.5. The van der Waals surface area contributed by atoms with Crippen LogP contribution in [-0.4, -0.2) is 22.1 Å². The number of aryl methyl sites for hydroxylation is 2. The number of benzene rings is 1. The van der Waals surface area contributed by atoms with Crippen molar-refractivity contribution in [2.24, 2.45) is 7.05 Å². The van der Waals surface area contributed by atoms with E-state index >= 15 is 0 Å². The van der Waals surface area contributed by atoms with E-state index in [0.29, 0.717) is 12.4 Å². The Morgan fingerprint density at radius 3 is 2.34 bits per heavy atom. The predicted molar refractivity (Wildman–Crippen MR) is 119 cm³/mol. The monoisotopic (exact) mass is 394 g/mol. The molecule has 1 heterocycles. The molecule has 0 saturated heterocycles. The SMILES string of the molecule is CCOC(=O)c1nc(/C=C(\C)c2cc3c(cc2C)C(C)(C)CCC3(C)C)cn1C. The van der Waals surface area contributed by atoms with Gasteiger partial charge in [0.15, 0.2) is 0 Å². The van der Waals surface area contributed by atoms with Gasteiger partial charge in [-0.05, 0) is 78.3 Å². The molecular weight excluding hydrogens is 360 g/mol. The highest BCUT2D eigenvalue weighted by molar-refractivity contribution is 5.87. The van der Waals surface area contributed by atoms with E-state index in [-0.39, 0.29) is 16.8 Å². The fraction of sp³-hybridized carbons (Fsp3) is 0.520. The molecule has 0 radical (unpaired) electrons. The number of carbonyl (C=O) groups is 1. The van der Waals surface area contributed by atoms with Crippen molar-refractivity contribution in [2.45, 2.75) is 72.1 Å². The van der Waals surface area contributed by atoms with Crippen molar-refractivity contribution in [3.05, 3.63) is 52.1 Å². The highest BCUT2D eigenvalue weighted by Gasteiger charge is 2.37. The van der Waals surface area contributed by atoms with Crippen molar-refractivity contribution in [1.82, 2.24) is 9.55 Å². The predicted octanol–water partition coefficient (Wildman–Crippen LogP) is 5.81. The van der Waals surface area contributed by atoms with Crippen LogP contribution in [0.2, 0.25) is 0 Å². The van der Waals surface area contributed by atoms with Crippen molar-refractivity contribution in [2.75, 3.05) is 6.61 Å². The number of hydrogen-bond donors (Lipinski definition) is 0. The van der Waals surface area contributed by atoms with Crippen LogP contribution in [0.1, 0.15) is 93.0 Å². The summed E-state index contributed by atoms with van der Waals surface area (Å²) in [5.41, 5.74) is 7.77. The second-order valence-corrected chi connectivity index (χ2v) is 9.63. The van der Waals surface area contributed by atoms with E-state index in [4.69, 9.17) is 4.74 Å². The Morgan fingerprint density at radius 2 is 1.76 bits per heavy atom. The van der Waals surface area contributed by atoms with Crippen molar-refractivity contribution in [3.63, 3.8) is 0 Å². The number of hydrogen-bond acceptors (Lipinski definition) is 3. The van der Waals surface area contributed by atoms with Crippen LogP contribution in [-0.2, 0) is 22.6 Å². The van der Waals surface area contributed by atoms with E-state index in [0.717, 1.165) is 11.3 Å². The first-order chi connectivity index (χ1) is 13.5. The molecule has 0 atom stereocenters. The van der Waals surface area contributed by atoms with Crippen LogP contribution in [0.5, 0.6) is 0 Å². The molecule has 0 aliphatic heterocycles. The van der Waals surface area contributed by atoms with Gasteiger partial charge in [0.25, 0.3) is 0 Å². The lowest BCUT2D eigenvalue weighted by Crippen LogP contribution is -2.34. The van der Waals surface area contributed by atoms with E-state index in [1.165, 1.54) is 35.1 Å². The van der Waals surface area contributed by atoms with Gasteiger partial charge in [0.2, 0.25) is 5.82 Å². The maximum absolute atomic E-state index is 12.1. The zero-order valence-electron chi connectivity index (χ0n) is 19.1. The molecule has 2 aromatic rings. The third kappa shape index (κ3) is 4.03. The Hall–Kier alpha value is -2.36. The van der Waals surface area contributed by atoms with Gasteiger partial charge in [-0.25, -0.2) is 9.78 Å². The summed E-state index contributed by atoms with van der Waals surface area (Å²) < 4.78 is 6.82. The summed E-state index contributed by atoms with van der Waals surface area (Å²) in [6.07, 6.45) is 6.33. The molecule has 0 spiro atoms. The third-order valence-electron chi connectivity index (χ3n) is 6.34. The molecule has 1 aliphatic carbocycles. The number of ether oxygens (including phenoxy) is 1. The minimum atomic E-state index is -0.388. The van der Waals surface area contributed by atoms with Crippen molar-refractivity contribution in [1.29, 1.82) is 0 Å². The maximum atomic E-state index is 12.1. The second kappa shape index (κ2) is 7.47. The second-order valence-electron chi connectivity index (χ2n) is 9.63. The lowest BCUT2D eigenvalue weighted by atomic mass is 9.62. The molecule has 0 saturated carbocycles. The lowest BCUT2D eigenvalue weighted by molar-refractivity contribution is 0.0508. The van der Waals surface area contributed by atoms with Crippen LogP contribution in [0.3, 0.4) is 0 Å². The summed E-state index contributed by atoms with van der Waals surface area (Å²) in [5.74, 6) is -0.0582. The number of nitrogens with zero attached hydrogens (tertiary/aromatic N) is 2. The Morgan fingerprint density at radius 1 is 1.17 bits per heavy atom. The van der Waals surface area contributed by atoms with Gasteiger partial charge in [-0.1, -0.05) is 39.8 Å². The summed E-state index contributed by atoms with van der Waals surface area (Å²) in [4.78, 5) is 16.5. The molecule has 3 rings (SSSR count). The molecule has 0 N–H and O–H groups in total. The maximum Gasteiger partial charge on any atom is 0.374 e. The Bertz CT molecular complexity index is 977. The molecule has 4 heteroatoms. The molecule has 4 nitrogen and oxygen atoms in total. The molecule has 0 amide bonds. The normalized spacial score (nSPS) is 17.7. The fourth-order valence-corrected chi connectivity index (χ4v) is 4.39. The van der Waals surface area contributed by atoms with Gasteiger partial charge in [0.05, 0.1) is 12.3 Å². The molecule has 29 heavy (non-hydrogen) atoms. The first-order valence-corrected chi connectivity index (χ1v) is 10.5. The zero-order chi connectivity index (χ0) is 21.6. The fourth-order valence-electron chi connectivity index (χ4n) is 4.39.